The average Bonchev–Trinajstić information content (AvgIpc) is 3.13. The second-order valence-electron chi connectivity index (χ2n) is 7.70. The highest BCUT2D eigenvalue weighted by Crippen LogP contribution is 2.49. The molecule has 1 aromatic carbocycles. The summed E-state index contributed by atoms with van der Waals surface area (Å²) in [4.78, 5) is 26.3. The zero-order chi connectivity index (χ0) is 17.3. The maximum atomic E-state index is 12.4. The van der Waals surface area contributed by atoms with Gasteiger partial charge in [-0.05, 0) is 62.0 Å². The highest BCUT2D eigenvalue weighted by Gasteiger charge is 2.40. The number of amides is 2. The molecule has 0 spiro atoms. The lowest BCUT2D eigenvalue weighted by Crippen LogP contribution is -2.36. The molecule has 4 nitrogen and oxygen atoms in total. The summed E-state index contributed by atoms with van der Waals surface area (Å²) in [7, 11) is 1.74. The zero-order valence-corrected chi connectivity index (χ0v) is 15.0. The zero-order valence-electron chi connectivity index (χ0n) is 15.0. The van der Waals surface area contributed by atoms with Crippen LogP contribution in [0, 0.1) is 31.6 Å². The van der Waals surface area contributed by atoms with Crippen LogP contribution in [0.2, 0.25) is 0 Å². The number of nitrogens with one attached hydrogen (secondary N) is 1. The van der Waals surface area contributed by atoms with E-state index >= 15 is 0 Å². The van der Waals surface area contributed by atoms with Crippen LogP contribution in [-0.2, 0) is 9.59 Å². The number of fused-ring (bicyclic) bond motifs is 2. The van der Waals surface area contributed by atoms with Crippen LogP contribution >= 0.6 is 0 Å². The number of aryl methyl sites for hydroxylation is 2. The third-order valence-corrected chi connectivity index (χ3v) is 5.87. The lowest BCUT2D eigenvalue weighted by atomic mass is 9.86. The van der Waals surface area contributed by atoms with E-state index in [4.69, 9.17) is 0 Å². The van der Waals surface area contributed by atoms with Crippen molar-refractivity contribution in [2.45, 2.75) is 46.0 Å². The Hall–Kier alpha value is -1.84. The predicted octanol–water partition coefficient (Wildman–Crippen LogP) is 3.53. The Balaban J connectivity index is 1.51. The number of para-hydroxylation sites is 1. The van der Waals surface area contributed by atoms with Gasteiger partial charge in [-0.1, -0.05) is 24.6 Å². The Morgan fingerprint density at radius 1 is 1.17 bits per heavy atom. The molecule has 2 amide bonds. The molecule has 0 unspecified atom stereocenters. The molecular formula is C20H28N2O2. The predicted molar refractivity (Wildman–Crippen MR) is 95.7 cm³/mol. The van der Waals surface area contributed by atoms with Gasteiger partial charge in [0, 0.05) is 19.2 Å². The molecule has 1 N–H and O–H groups in total. The van der Waals surface area contributed by atoms with Crippen molar-refractivity contribution in [3.05, 3.63) is 29.3 Å². The summed E-state index contributed by atoms with van der Waals surface area (Å²) in [5.74, 6) is 2.11. The molecule has 4 heteroatoms. The molecule has 0 aromatic heterocycles. The van der Waals surface area contributed by atoms with Crippen molar-refractivity contribution in [2.75, 3.05) is 18.9 Å². The molecule has 3 atom stereocenters. The van der Waals surface area contributed by atoms with Crippen molar-refractivity contribution in [3.63, 3.8) is 0 Å². The molecule has 2 saturated carbocycles. The van der Waals surface area contributed by atoms with E-state index in [2.05, 4.69) is 5.32 Å². The van der Waals surface area contributed by atoms with Crippen molar-refractivity contribution in [1.29, 1.82) is 0 Å². The topological polar surface area (TPSA) is 49.4 Å². The average molecular weight is 328 g/mol. The van der Waals surface area contributed by atoms with Gasteiger partial charge in [0.25, 0.3) is 0 Å². The second-order valence-corrected chi connectivity index (χ2v) is 7.70. The molecule has 0 radical (unpaired) electrons. The molecule has 2 bridgehead atoms. The molecule has 0 heterocycles. The Morgan fingerprint density at radius 3 is 2.46 bits per heavy atom. The van der Waals surface area contributed by atoms with Crippen LogP contribution in [0.3, 0.4) is 0 Å². The number of likely N-dealkylation sites (N-methyl/N-ethyl adjacent to an activating group) is 1. The Labute approximate surface area is 144 Å². The first-order valence-corrected chi connectivity index (χ1v) is 9.04. The maximum absolute atomic E-state index is 12.4. The van der Waals surface area contributed by atoms with Crippen LogP contribution in [0.25, 0.3) is 0 Å². The van der Waals surface area contributed by atoms with Crippen LogP contribution in [-0.4, -0.2) is 30.3 Å². The number of carbonyl (C=O) groups excluding carboxylic acids is 2. The highest BCUT2D eigenvalue weighted by molar-refractivity contribution is 5.95. The summed E-state index contributed by atoms with van der Waals surface area (Å²) in [6.07, 6.45) is 5.77. The maximum Gasteiger partial charge on any atom is 0.243 e. The fraction of sp³-hybridized carbons (Fsp3) is 0.600. The van der Waals surface area contributed by atoms with Gasteiger partial charge in [-0.2, -0.15) is 0 Å². The molecular weight excluding hydrogens is 300 g/mol. The molecule has 24 heavy (non-hydrogen) atoms. The quantitative estimate of drug-likeness (QED) is 0.899. The van der Waals surface area contributed by atoms with Gasteiger partial charge in [-0.3, -0.25) is 9.59 Å². The Bertz CT molecular complexity index is 620. The molecule has 130 valence electrons. The molecule has 2 aliphatic carbocycles. The van der Waals surface area contributed by atoms with Gasteiger partial charge in [0.2, 0.25) is 11.8 Å². The summed E-state index contributed by atoms with van der Waals surface area (Å²) < 4.78 is 0. The lowest BCUT2D eigenvalue weighted by molar-refractivity contribution is -0.134. The first-order chi connectivity index (χ1) is 11.4. The van der Waals surface area contributed by atoms with Gasteiger partial charge >= 0.3 is 0 Å². The van der Waals surface area contributed by atoms with Gasteiger partial charge in [0.05, 0.1) is 6.54 Å². The molecule has 0 aliphatic heterocycles. The van der Waals surface area contributed by atoms with Crippen LogP contribution in [0.1, 0.15) is 43.2 Å². The van der Waals surface area contributed by atoms with E-state index in [9.17, 15) is 9.59 Å². The number of rotatable bonds is 5. The molecule has 1 aromatic rings. The fourth-order valence-corrected chi connectivity index (χ4v) is 4.50. The van der Waals surface area contributed by atoms with Crippen molar-refractivity contribution in [1.82, 2.24) is 4.90 Å². The summed E-state index contributed by atoms with van der Waals surface area (Å²) in [5.41, 5.74) is 2.94. The summed E-state index contributed by atoms with van der Waals surface area (Å²) in [5, 5.41) is 2.95. The van der Waals surface area contributed by atoms with Gasteiger partial charge in [0.15, 0.2) is 0 Å². The molecule has 2 aliphatic rings. The van der Waals surface area contributed by atoms with E-state index in [0.29, 0.717) is 12.3 Å². The minimum Gasteiger partial charge on any atom is -0.336 e. The van der Waals surface area contributed by atoms with Gasteiger partial charge in [-0.15, -0.1) is 0 Å². The second kappa shape index (κ2) is 6.96. The van der Waals surface area contributed by atoms with Crippen molar-refractivity contribution in [3.8, 4) is 0 Å². The fourth-order valence-electron chi connectivity index (χ4n) is 4.50. The van der Waals surface area contributed by atoms with E-state index in [-0.39, 0.29) is 18.4 Å². The first kappa shape index (κ1) is 17.0. The van der Waals surface area contributed by atoms with Crippen LogP contribution in [0.5, 0.6) is 0 Å². The number of nitrogens with zero attached hydrogens (tertiary/aromatic N) is 1. The standard InChI is InChI=1S/C20H28N2O2/c1-13-5-4-6-14(2)20(13)21-18(23)12-22(3)19(24)11-17-10-15-7-8-16(17)9-15/h4-6,15-17H,7-12H2,1-3H3,(H,21,23)/t15-,16+,17-/m0/s1. The normalized spacial score (nSPS) is 24.9. The van der Waals surface area contributed by atoms with E-state index in [1.807, 2.05) is 32.0 Å². The lowest BCUT2D eigenvalue weighted by Gasteiger charge is -2.24. The highest BCUT2D eigenvalue weighted by atomic mass is 16.2. The molecule has 2 fully saturated rings. The van der Waals surface area contributed by atoms with Crippen LogP contribution < -0.4 is 5.32 Å². The van der Waals surface area contributed by atoms with E-state index in [1.165, 1.54) is 25.7 Å². The number of hydrogen-bond donors (Lipinski definition) is 1. The number of benzene rings is 1. The van der Waals surface area contributed by atoms with E-state index in [1.54, 1.807) is 11.9 Å². The SMILES string of the molecule is Cc1cccc(C)c1NC(=O)CN(C)C(=O)C[C@@H]1C[C@H]2CC[C@@H]1C2. The van der Waals surface area contributed by atoms with Gasteiger partial charge < -0.3 is 10.2 Å². The van der Waals surface area contributed by atoms with Crippen LogP contribution in [0.15, 0.2) is 18.2 Å². The van der Waals surface area contributed by atoms with Crippen molar-refractivity contribution < 1.29 is 9.59 Å². The molecule has 3 rings (SSSR count). The smallest absolute Gasteiger partial charge is 0.243 e. The largest absolute Gasteiger partial charge is 0.336 e. The van der Waals surface area contributed by atoms with E-state index in [0.717, 1.165) is 28.7 Å². The number of anilines is 1. The Morgan fingerprint density at radius 2 is 1.88 bits per heavy atom. The summed E-state index contributed by atoms with van der Waals surface area (Å²) >= 11 is 0. The first-order valence-electron chi connectivity index (χ1n) is 9.04. The number of hydrogen-bond acceptors (Lipinski definition) is 2. The third kappa shape index (κ3) is 3.63. The van der Waals surface area contributed by atoms with Crippen molar-refractivity contribution in [2.24, 2.45) is 17.8 Å². The van der Waals surface area contributed by atoms with Crippen LogP contribution in [0.4, 0.5) is 5.69 Å². The van der Waals surface area contributed by atoms with Crippen molar-refractivity contribution >= 4 is 17.5 Å². The van der Waals surface area contributed by atoms with Gasteiger partial charge in [-0.25, -0.2) is 0 Å². The minimum atomic E-state index is -0.129. The summed E-state index contributed by atoms with van der Waals surface area (Å²) in [6.45, 7) is 4.08. The Kier molecular flexibility index (Phi) is 4.93. The minimum absolute atomic E-state index is 0.101. The monoisotopic (exact) mass is 328 g/mol. The number of carbonyl (C=O) groups is 2. The van der Waals surface area contributed by atoms with Gasteiger partial charge in [0.1, 0.15) is 0 Å². The molecule has 0 saturated heterocycles. The summed E-state index contributed by atoms with van der Waals surface area (Å²) in [6, 6.07) is 5.94. The third-order valence-electron chi connectivity index (χ3n) is 5.87. The van der Waals surface area contributed by atoms with E-state index < -0.39 is 0 Å².